The van der Waals surface area contributed by atoms with Crippen LogP contribution in [0.5, 0.6) is 5.75 Å². The molecule has 0 aliphatic heterocycles. The predicted molar refractivity (Wildman–Crippen MR) is 171 cm³/mol. The van der Waals surface area contributed by atoms with Crippen molar-refractivity contribution in [1.82, 2.24) is 0 Å². The number of alkyl halides is 6. The van der Waals surface area contributed by atoms with Gasteiger partial charge in [0.25, 0.3) is 0 Å². The number of ether oxygens (including phenoxy) is 1. The van der Waals surface area contributed by atoms with Crippen LogP contribution in [-0.2, 0) is 10.8 Å². The summed E-state index contributed by atoms with van der Waals surface area (Å²) in [7, 11) is 1.54. The summed E-state index contributed by atoms with van der Waals surface area (Å²) in [4.78, 5) is 0. The van der Waals surface area contributed by atoms with Crippen LogP contribution in [0.3, 0.4) is 0 Å². The van der Waals surface area contributed by atoms with Gasteiger partial charge in [-0.25, -0.2) is 0 Å². The van der Waals surface area contributed by atoms with Crippen LogP contribution in [0.4, 0.5) is 26.3 Å². The molecular formula is C39H32F6O. The predicted octanol–water partition coefficient (Wildman–Crippen LogP) is 11.7. The Morgan fingerprint density at radius 2 is 0.913 bits per heavy atom. The van der Waals surface area contributed by atoms with Gasteiger partial charge in [-0.3, -0.25) is 0 Å². The molecule has 0 heterocycles. The monoisotopic (exact) mass is 630 g/mol. The summed E-state index contributed by atoms with van der Waals surface area (Å²) in [5.41, 5.74) is 0.914. The minimum atomic E-state index is -4.65. The molecule has 0 bridgehead atoms. The molecule has 0 N–H and O–H groups in total. The SMILES string of the molecule is C.COc1cc(C)cc(-c2ccc3c(c2)C(C)(C(F)(F)F)c2cc(-c4ccc5c(c4)C(C)(C(F)(F)F)c4ccccc4-5)ccc2-3)c1. The lowest BCUT2D eigenvalue weighted by Gasteiger charge is -2.31. The van der Waals surface area contributed by atoms with E-state index in [1.165, 1.54) is 32.0 Å². The maximum atomic E-state index is 15.2. The van der Waals surface area contributed by atoms with Crippen molar-refractivity contribution >= 4 is 0 Å². The Kier molecular flexibility index (Phi) is 7.01. The van der Waals surface area contributed by atoms with Crippen molar-refractivity contribution in [3.05, 3.63) is 125 Å². The van der Waals surface area contributed by atoms with E-state index in [1.807, 2.05) is 25.1 Å². The largest absolute Gasteiger partial charge is 0.497 e. The van der Waals surface area contributed by atoms with Crippen molar-refractivity contribution in [3.63, 3.8) is 0 Å². The highest BCUT2D eigenvalue weighted by atomic mass is 19.4. The molecule has 236 valence electrons. The zero-order chi connectivity index (χ0) is 32.1. The first kappa shape index (κ1) is 31.5. The van der Waals surface area contributed by atoms with Gasteiger partial charge >= 0.3 is 12.4 Å². The highest BCUT2D eigenvalue weighted by molar-refractivity contribution is 5.88. The lowest BCUT2D eigenvalue weighted by atomic mass is 9.77. The molecule has 2 unspecified atom stereocenters. The number of hydrogen-bond acceptors (Lipinski definition) is 1. The number of fused-ring (bicyclic) bond motifs is 6. The van der Waals surface area contributed by atoms with Gasteiger partial charge in [-0.05, 0) is 123 Å². The van der Waals surface area contributed by atoms with Crippen LogP contribution in [0.25, 0.3) is 44.5 Å². The minimum Gasteiger partial charge on any atom is -0.497 e. The van der Waals surface area contributed by atoms with Crippen molar-refractivity contribution in [3.8, 4) is 50.3 Å². The molecule has 0 saturated carbocycles. The van der Waals surface area contributed by atoms with Crippen LogP contribution in [0.1, 0.15) is 49.1 Å². The molecule has 5 aromatic rings. The van der Waals surface area contributed by atoms with E-state index in [2.05, 4.69) is 0 Å². The van der Waals surface area contributed by atoms with Crippen LogP contribution >= 0.6 is 0 Å². The fourth-order valence-electron chi connectivity index (χ4n) is 7.20. The van der Waals surface area contributed by atoms with E-state index < -0.39 is 23.2 Å². The number of rotatable bonds is 3. The van der Waals surface area contributed by atoms with Gasteiger partial charge in [0.1, 0.15) is 16.6 Å². The molecule has 0 saturated heterocycles. The Morgan fingerprint density at radius 3 is 1.37 bits per heavy atom. The zero-order valence-corrected chi connectivity index (χ0v) is 24.9. The topological polar surface area (TPSA) is 9.23 Å². The average molecular weight is 631 g/mol. The third-order valence-electron chi connectivity index (χ3n) is 9.81. The van der Waals surface area contributed by atoms with Gasteiger partial charge in [-0.15, -0.1) is 0 Å². The summed E-state index contributed by atoms with van der Waals surface area (Å²) in [6, 6.07) is 26.8. The molecule has 7 heteroatoms. The third-order valence-corrected chi connectivity index (χ3v) is 9.81. The first-order valence-corrected chi connectivity index (χ1v) is 14.5. The molecule has 0 aromatic heterocycles. The van der Waals surface area contributed by atoms with E-state index >= 15 is 13.2 Å². The van der Waals surface area contributed by atoms with Crippen LogP contribution in [-0.4, -0.2) is 19.5 Å². The van der Waals surface area contributed by atoms with Gasteiger partial charge in [-0.2, -0.15) is 26.3 Å². The highest BCUT2D eigenvalue weighted by Crippen LogP contribution is 2.59. The van der Waals surface area contributed by atoms with E-state index in [1.54, 1.807) is 67.8 Å². The molecule has 0 radical (unpaired) electrons. The van der Waals surface area contributed by atoms with Crippen LogP contribution in [0, 0.1) is 6.92 Å². The standard InChI is InChI=1S/C38H28F6O.CH4/c1-21-15-25(17-26(16-21)45-4)24-11-14-30-29-13-10-23(19-33(29)36(3,34(30)20-24)38(42,43)44)22-9-12-28-27-7-5-6-8-31(27)35(2,32(28)18-22)37(39,40)41;/h5-20H,1-4H3;1H4. The fourth-order valence-corrected chi connectivity index (χ4v) is 7.20. The van der Waals surface area contributed by atoms with Crippen molar-refractivity contribution < 1.29 is 31.1 Å². The van der Waals surface area contributed by atoms with Crippen molar-refractivity contribution in [2.24, 2.45) is 0 Å². The minimum absolute atomic E-state index is 0. The average Bonchev–Trinajstić information content (AvgIpc) is 3.43. The van der Waals surface area contributed by atoms with E-state index in [9.17, 15) is 13.2 Å². The Labute approximate surface area is 264 Å². The number of halogens is 6. The number of methoxy groups -OCH3 is 1. The molecule has 7 rings (SSSR count). The van der Waals surface area contributed by atoms with Gasteiger partial charge in [0.2, 0.25) is 0 Å². The summed E-state index contributed by atoms with van der Waals surface area (Å²) in [6.07, 6.45) is -9.23. The van der Waals surface area contributed by atoms with Crippen LogP contribution in [0.15, 0.2) is 97.1 Å². The first-order valence-electron chi connectivity index (χ1n) is 14.5. The van der Waals surface area contributed by atoms with Crippen LogP contribution in [0.2, 0.25) is 0 Å². The summed E-state index contributed by atoms with van der Waals surface area (Å²) >= 11 is 0. The zero-order valence-electron chi connectivity index (χ0n) is 24.9. The van der Waals surface area contributed by atoms with E-state index in [-0.39, 0.29) is 29.7 Å². The second-order valence-corrected chi connectivity index (χ2v) is 12.3. The van der Waals surface area contributed by atoms with E-state index in [0.29, 0.717) is 44.7 Å². The smallest absolute Gasteiger partial charge is 0.402 e. The van der Waals surface area contributed by atoms with Crippen molar-refractivity contribution in [1.29, 1.82) is 0 Å². The molecule has 46 heavy (non-hydrogen) atoms. The van der Waals surface area contributed by atoms with Crippen molar-refractivity contribution in [2.75, 3.05) is 7.11 Å². The first-order chi connectivity index (χ1) is 21.2. The lowest BCUT2D eigenvalue weighted by Crippen LogP contribution is -2.39. The lowest BCUT2D eigenvalue weighted by molar-refractivity contribution is -0.172. The molecular weight excluding hydrogens is 598 g/mol. The normalized spacial score (nSPS) is 19.5. The summed E-state index contributed by atoms with van der Waals surface area (Å²) in [5.74, 6) is 0.607. The Bertz CT molecular complexity index is 2020. The third kappa shape index (κ3) is 4.24. The van der Waals surface area contributed by atoms with E-state index in [0.717, 1.165) is 11.1 Å². The van der Waals surface area contributed by atoms with E-state index in [4.69, 9.17) is 4.74 Å². The number of aryl methyl sites for hydroxylation is 1. The van der Waals surface area contributed by atoms with Crippen molar-refractivity contribution in [2.45, 2.75) is 51.4 Å². The molecule has 2 aliphatic carbocycles. The quantitative estimate of drug-likeness (QED) is 0.180. The molecule has 0 fully saturated rings. The Morgan fingerprint density at radius 1 is 0.500 bits per heavy atom. The summed E-state index contributed by atoms with van der Waals surface area (Å²) in [6.45, 7) is 4.25. The van der Waals surface area contributed by atoms with Gasteiger partial charge in [0.05, 0.1) is 7.11 Å². The summed E-state index contributed by atoms with van der Waals surface area (Å²) < 4.78 is 95.0. The Hall–Kier alpha value is -4.52. The Balaban J connectivity index is 0.00000372. The molecule has 2 atom stereocenters. The van der Waals surface area contributed by atoms with Gasteiger partial charge in [-0.1, -0.05) is 74.2 Å². The number of hydrogen-bond donors (Lipinski definition) is 0. The maximum Gasteiger partial charge on any atom is 0.402 e. The molecule has 2 aliphatic rings. The van der Waals surface area contributed by atoms with Gasteiger partial charge in [0.15, 0.2) is 0 Å². The molecule has 5 aromatic carbocycles. The van der Waals surface area contributed by atoms with Gasteiger partial charge in [0, 0.05) is 0 Å². The molecule has 0 spiro atoms. The molecule has 1 nitrogen and oxygen atoms in total. The van der Waals surface area contributed by atoms with Crippen LogP contribution < -0.4 is 4.74 Å². The highest BCUT2D eigenvalue weighted by Gasteiger charge is 2.59. The second-order valence-electron chi connectivity index (χ2n) is 12.3. The number of benzene rings is 5. The maximum absolute atomic E-state index is 15.2. The second kappa shape index (κ2) is 10.2. The van der Waals surface area contributed by atoms with Gasteiger partial charge < -0.3 is 4.74 Å². The molecule has 0 amide bonds. The fraction of sp³-hybridized carbons (Fsp3) is 0.231. The summed E-state index contributed by atoms with van der Waals surface area (Å²) in [5, 5.41) is 0.